The van der Waals surface area contributed by atoms with Gasteiger partial charge in [0.05, 0.1) is 34.1 Å². The van der Waals surface area contributed by atoms with Crippen molar-refractivity contribution in [2.45, 2.75) is 50.9 Å². The highest BCUT2D eigenvalue weighted by molar-refractivity contribution is 7.09. The maximum Gasteiger partial charge on any atom is 0.393 e. The molecule has 0 amide bonds. The van der Waals surface area contributed by atoms with Crippen molar-refractivity contribution >= 4 is 105 Å². The summed E-state index contributed by atoms with van der Waals surface area (Å²) < 4.78 is 77.0. The summed E-state index contributed by atoms with van der Waals surface area (Å²) >= 11 is 7.92. The first-order valence-corrected chi connectivity index (χ1v) is 28.5. The Kier molecular flexibility index (Phi) is 11.1. The minimum absolute atomic E-state index is 0.399. The van der Waals surface area contributed by atoms with Gasteiger partial charge in [-0.3, -0.25) is 0 Å². The third-order valence-electron chi connectivity index (χ3n) is 8.99. The molecule has 0 saturated carbocycles. The summed E-state index contributed by atoms with van der Waals surface area (Å²) in [5.74, 6) is -1.04. The zero-order valence-corrected chi connectivity index (χ0v) is 36.1. The van der Waals surface area contributed by atoms with Crippen LogP contribution < -0.4 is 29.9 Å². The van der Waals surface area contributed by atoms with Gasteiger partial charge in [0.25, 0.3) is 6.13 Å². The van der Waals surface area contributed by atoms with Crippen molar-refractivity contribution in [1.29, 1.82) is 0 Å². The van der Waals surface area contributed by atoms with E-state index < -0.39 is 70.8 Å². The van der Waals surface area contributed by atoms with Crippen molar-refractivity contribution in [3.05, 3.63) is 82.9 Å². The number of anilines is 6. The fourth-order valence-corrected chi connectivity index (χ4v) is 11.6. The molecule has 0 saturated heterocycles. The molecule has 12 nitrogen and oxygen atoms in total. The van der Waals surface area contributed by atoms with Crippen LogP contribution in [0.1, 0.15) is 33.9 Å². The van der Waals surface area contributed by atoms with Gasteiger partial charge in [-0.15, -0.1) is 0 Å². The molecule has 0 aromatic heterocycles. The Morgan fingerprint density at radius 1 is 0.462 bits per heavy atom. The van der Waals surface area contributed by atoms with E-state index in [-0.39, 0.29) is 0 Å². The summed E-state index contributed by atoms with van der Waals surface area (Å²) in [4.78, 5) is 18.6. The van der Waals surface area contributed by atoms with Gasteiger partial charge in [0, 0.05) is 11.6 Å². The van der Waals surface area contributed by atoms with Crippen molar-refractivity contribution in [2.75, 3.05) is 29.9 Å². The summed E-state index contributed by atoms with van der Waals surface area (Å²) in [5, 5.41) is 0. The molecule has 264 valence electrons. The van der Waals surface area contributed by atoms with E-state index in [9.17, 15) is 26.8 Å². The minimum Gasteiger partial charge on any atom is -0.360 e. The number of hydrogen-bond donors (Lipinski definition) is 6. The topological polar surface area (TPSA) is 175 Å². The Balaban J connectivity index is 1.68. The molecule has 6 N–H and O–H groups in total. The van der Waals surface area contributed by atoms with Crippen LogP contribution in [-0.2, 0) is 26.8 Å². The molecule has 2 atom stereocenters. The quantitative estimate of drug-likeness (QED) is 0.0747. The van der Waals surface area contributed by atoms with E-state index in [1.54, 1.807) is 39.3 Å². The number of fused-ring (bicyclic) bond motifs is 6. The standard InChI is InChI=1S/C32H36BClN6O6Si6/c1-47(41)35-23-15-21-17-11-7-9-13-19(17)27(25(21)31(39-51(5)45)29(23)37-49(3)43)33(34)28-20-14-10-8-12-18(20)22-16-24(36-48(2)42)30(38-50(4)44)32(26(22)28)40-52(6)46/h7-16,27-28,35-40H,1-6H3. The van der Waals surface area contributed by atoms with Crippen molar-refractivity contribution in [2.24, 2.45) is 0 Å². The van der Waals surface area contributed by atoms with E-state index in [0.717, 1.165) is 44.5 Å². The number of hydrogen-bond acceptors (Lipinski definition) is 6. The number of rotatable bonds is 14. The zero-order valence-electron chi connectivity index (χ0n) is 29.3. The molecule has 4 aromatic carbocycles. The first kappa shape index (κ1) is 37.9. The molecule has 0 fully saturated rings. The van der Waals surface area contributed by atoms with Crippen molar-refractivity contribution in [3.63, 3.8) is 0 Å². The van der Waals surface area contributed by atoms with Gasteiger partial charge in [-0.25, -0.2) is 0 Å². The molecule has 0 radical (unpaired) electrons. The van der Waals surface area contributed by atoms with Gasteiger partial charge in [0.2, 0.25) is 0 Å². The second-order valence-corrected chi connectivity index (χ2v) is 21.6. The van der Waals surface area contributed by atoms with Crippen LogP contribution in [0.2, 0.25) is 39.3 Å². The smallest absolute Gasteiger partial charge is 0.360 e. The summed E-state index contributed by atoms with van der Waals surface area (Å²) in [6.07, 6.45) is -0.726. The van der Waals surface area contributed by atoms with Crippen LogP contribution in [0.25, 0.3) is 22.3 Å². The van der Waals surface area contributed by atoms with E-state index in [4.69, 9.17) is 11.5 Å². The Morgan fingerprint density at radius 2 is 0.769 bits per heavy atom. The lowest BCUT2D eigenvalue weighted by molar-refractivity contribution is 0.567. The number of benzene rings is 4. The molecule has 0 bridgehead atoms. The van der Waals surface area contributed by atoms with E-state index in [1.165, 1.54) is 0 Å². The zero-order chi connectivity index (χ0) is 37.6. The van der Waals surface area contributed by atoms with E-state index >= 15 is 0 Å². The van der Waals surface area contributed by atoms with Crippen LogP contribution in [0.3, 0.4) is 0 Å². The highest BCUT2D eigenvalue weighted by atomic mass is 35.5. The Labute approximate surface area is 316 Å². The predicted molar refractivity (Wildman–Crippen MR) is 215 cm³/mol. The molecule has 0 aliphatic heterocycles. The third-order valence-corrected chi connectivity index (χ3v) is 13.1. The maximum atomic E-state index is 13.1. The van der Waals surface area contributed by atoms with Crippen LogP contribution in [0.15, 0.2) is 60.7 Å². The summed E-state index contributed by atoms with van der Waals surface area (Å²) in [6, 6.07) is 19.5. The molecule has 6 rings (SSSR count). The second-order valence-electron chi connectivity index (χ2n) is 12.9. The Hall–Kier alpha value is -3.86. The second kappa shape index (κ2) is 15.2. The summed E-state index contributed by atoms with van der Waals surface area (Å²) in [5.41, 5.74) is 9.37. The van der Waals surface area contributed by atoms with Crippen LogP contribution in [-0.4, -0.2) is 59.2 Å². The SMILES string of the molecule is C[Si](=O)Nc1cc2c(c(N[Si](C)=O)c1N[Si](C)=O)C(B(Cl)C1c3ccccc3-c3cc(N[Si](C)=O)c(N[Si](C)=O)c(N[Si](C)=O)c31)c1ccccc1-2. The van der Waals surface area contributed by atoms with Crippen LogP contribution in [0.4, 0.5) is 34.1 Å². The molecule has 0 spiro atoms. The average molecular weight is 815 g/mol. The van der Waals surface area contributed by atoms with E-state index in [2.05, 4.69) is 29.9 Å². The Bertz CT molecular complexity index is 2110. The Morgan fingerprint density at radius 3 is 1.10 bits per heavy atom. The highest BCUT2D eigenvalue weighted by Crippen LogP contribution is 2.60. The third kappa shape index (κ3) is 7.22. The first-order chi connectivity index (χ1) is 24.7. The maximum absolute atomic E-state index is 13.1. The van der Waals surface area contributed by atoms with Gasteiger partial charge in [-0.05, 0) is 95.9 Å². The monoisotopic (exact) mass is 814 g/mol. The molecular formula is C32H36BClN6O6Si6. The van der Waals surface area contributed by atoms with Crippen LogP contribution in [0.5, 0.6) is 0 Å². The lowest BCUT2D eigenvalue weighted by atomic mass is 9.48. The van der Waals surface area contributed by atoms with Gasteiger partial charge < -0.3 is 56.7 Å². The molecule has 52 heavy (non-hydrogen) atoms. The number of halogens is 1. The molecule has 20 heteroatoms. The normalized spacial score (nSPS) is 14.5. The summed E-state index contributed by atoms with van der Waals surface area (Å²) in [6.45, 7) is 9.41. The van der Waals surface area contributed by atoms with Crippen LogP contribution in [0, 0.1) is 0 Å². The van der Waals surface area contributed by atoms with Crippen molar-refractivity contribution < 1.29 is 26.8 Å². The summed E-state index contributed by atoms with van der Waals surface area (Å²) in [7, 11) is -14.0. The lowest BCUT2D eigenvalue weighted by Gasteiger charge is -2.29. The van der Waals surface area contributed by atoms with Crippen LogP contribution >= 0.6 is 11.5 Å². The van der Waals surface area contributed by atoms with Gasteiger partial charge in [0.1, 0.15) is 0 Å². The molecule has 0 heterocycles. The average Bonchev–Trinajstić information content (AvgIpc) is 3.55. The molecule has 2 aliphatic carbocycles. The van der Waals surface area contributed by atoms with E-state index in [1.807, 2.05) is 60.7 Å². The van der Waals surface area contributed by atoms with Gasteiger partial charge in [-0.2, -0.15) is 11.5 Å². The van der Waals surface area contributed by atoms with Gasteiger partial charge in [-0.1, -0.05) is 48.5 Å². The molecular weight excluding hydrogens is 779 g/mol. The molecule has 2 aliphatic rings. The van der Waals surface area contributed by atoms with Crippen molar-refractivity contribution in [1.82, 2.24) is 0 Å². The minimum atomic E-state index is -2.39. The number of nitrogens with one attached hydrogen (secondary N) is 6. The fraction of sp³-hybridized carbons (Fsp3) is 0.250. The highest BCUT2D eigenvalue weighted by Gasteiger charge is 2.48. The first-order valence-electron chi connectivity index (χ1n) is 16.6. The lowest BCUT2D eigenvalue weighted by Crippen LogP contribution is -2.29. The predicted octanol–water partition coefficient (Wildman–Crippen LogP) is 6.68. The molecule has 4 aromatic rings. The van der Waals surface area contributed by atoms with E-state index in [0.29, 0.717) is 34.1 Å². The largest absolute Gasteiger partial charge is 0.393 e. The fourth-order valence-electron chi connectivity index (χ4n) is 7.48. The molecule has 2 unspecified atom stereocenters. The van der Waals surface area contributed by atoms with Crippen molar-refractivity contribution in [3.8, 4) is 22.3 Å². The van der Waals surface area contributed by atoms with Gasteiger partial charge >= 0.3 is 53.1 Å². The van der Waals surface area contributed by atoms with Gasteiger partial charge in [0.15, 0.2) is 0 Å².